The molecule has 2 N–H and O–H groups in total. The molecule has 21 heavy (non-hydrogen) atoms. The lowest BCUT2D eigenvalue weighted by atomic mass is 10.2. The molecule has 7 heteroatoms. The van der Waals surface area contributed by atoms with Crippen molar-refractivity contribution in [2.75, 3.05) is 31.7 Å². The zero-order valence-corrected chi connectivity index (χ0v) is 12.8. The molecule has 1 aromatic carbocycles. The van der Waals surface area contributed by atoms with Gasteiger partial charge in [0.1, 0.15) is 5.82 Å². The highest BCUT2D eigenvalue weighted by Crippen LogP contribution is 2.26. The van der Waals surface area contributed by atoms with Gasteiger partial charge in [-0.15, -0.1) is 0 Å². The summed E-state index contributed by atoms with van der Waals surface area (Å²) in [6, 6.07) is 1.72. The van der Waals surface area contributed by atoms with Crippen LogP contribution in [0.5, 0.6) is 0 Å². The lowest BCUT2D eigenvalue weighted by Gasteiger charge is -2.15. The number of aliphatic hydroxyl groups is 1. The van der Waals surface area contributed by atoms with Crippen molar-refractivity contribution in [3.8, 4) is 0 Å². The van der Waals surface area contributed by atoms with Gasteiger partial charge in [-0.2, -0.15) is 0 Å². The molecule has 0 spiro atoms. The number of benzene rings is 1. The van der Waals surface area contributed by atoms with Crippen molar-refractivity contribution in [3.05, 3.63) is 28.8 Å². The largest absolute Gasteiger partial charge is 0.389 e. The molecule has 1 unspecified atom stereocenters. The van der Waals surface area contributed by atoms with Crippen molar-refractivity contribution in [2.45, 2.75) is 26.1 Å². The molecule has 120 valence electrons. The summed E-state index contributed by atoms with van der Waals surface area (Å²) in [5, 5.41) is 12.2. The van der Waals surface area contributed by atoms with Crippen LogP contribution in [0.25, 0.3) is 0 Å². The summed E-state index contributed by atoms with van der Waals surface area (Å²) in [4.78, 5) is 0. The minimum absolute atomic E-state index is 0.0350. The standard InChI is InChI=1S/C14H20ClF2NO3/c1-9(2)21-4-3-20-8-11(19)7-18-14-12(15)5-10(16)6-13(14)17/h5-6,9,11,18-19H,3-4,7-8H2,1-2H3. The van der Waals surface area contributed by atoms with Gasteiger partial charge in [0.2, 0.25) is 0 Å². The molecular formula is C14H20ClF2NO3. The molecule has 0 aromatic heterocycles. The van der Waals surface area contributed by atoms with Crippen LogP contribution in [0, 0.1) is 11.6 Å². The first kappa shape index (κ1) is 18.1. The second kappa shape index (κ2) is 9.15. The van der Waals surface area contributed by atoms with Crippen molar-refractivity contribution in [1.82, 2.24) is 0 Å². The zero-order chi connectivity index (χ0) is 15.8. The Morgan fingerprint density at radius 2 is 2.00 bits per heavy atom. The van der Waals surface area contributed by atoms with Crippen LogP contribution in [0.2, 0.25) is 5.02 Å². The Bertz CT molecular complexity index is 423. The maximum atomic E-state index is 13.5. The number of rotatable bonds is 9. The third-order valence-corrected chi connectivity index (χ3v) is 2.81. The smallest absolute Gasteiger partial charge is 0.150 e. The molecular weight excluding hydrogens is 304 g/mol. The molecule has 0 fully saturated rings. The van der Waals surface area contributed by atoms with Crippen LogP contribution in [0.4, 0.5) is 14.5 Å². The summed E-state index contributed by atoms with van der Waals surface area (Å²) in [6.07, 6.45) is -0.714. The Morgan fingerprint density at radius 1 is 1.29 bits per heavy atom. The Balaban J connectivity index is 2.29. The van der Waals surface area contributed by atoms with Crippen LogP contribution in [0.15, 0.2) is 12.1 Å². The average Bonchev–Trinajstić information content (AvgIpc) is 2.36. The summed E-state index contributed by atoms with van der Waals surface area (Å²) in [5.74, 6) is -1.56. The number of halogens is 3. The fourth-order valence-electron chi connectivity index (χ4n) is 1.55. The minimum Gasteiger partial charge on any atom is -0.389 e. The van der Waals surface area contributed by atoms with Crippen LogP contribution in [0.1, 0.15) is 13.8 Å². The average molecular weight is 324 g/mol. The predicted octanol–water partition coefficient (Wildman–Crippen LogP) is 2.83. The van der Waals surface area contributed by atoms with Crippen LogP contribution in [0.3, 0.4) is 0 Å². The van der Waals surface area contributed by atoms with Gasteiger partial charge in [-0.05, 0) is 19.9 Å². The number of hydrogen-bond donors (Lipinski definition) is 2. The summed E-state index contributed by atoms with van der Waals surface area (Å²) in [5.41, 5.74) is -0.0414. The van der Waals surface area contributed by atoms with Crippen LogP contribution in [-0.2, 0) is 9.47 Å². The van der Waals surface area contributed by atoms with E-state index in [1.807, 2.05) is 13.8 Å². The Hall–Kier alpha value is -0.950. The predicted molar refractivity (Wildman–Crippen MR) is 77.8 cm³/mol. The maximum Gasteiger partial charge on any atom is 0.150 e. The van der Waals surface area contributed by atoms with Gasteiger partial charge in [0.15, 0.2) is 5.82 Å². The normalized spacial score (nSPS) is 12.7. The summed E-state index contributed by atoms with van der Waals surface area (Å²) >= 11 is 5.72. The van der Waals surface area contributed by atoms with Crippen molar-refractivity contribution < 1.29 is 23.4 Å². The molecule has 0 aliphatic rings. The van der Waals surface area contributed by atoms with E-state index in [2.05, 4.69) is 5.32 Å². The maximum absolute atomic E-state index is 13.5. The first-order valence-electron chi connectivity index (χ1n) is 6.66. The molecule has 1 aromatic rings. The fourth-order valence-corrected chi connectivity index (χ4v) is 1.81. The van der Waals surface area contributed by atoms with Crippen LogP contribution in [-0.4, -0.2) is 43.7 Å². The summed E-state index contributed by atoms with van der Waals surface area (Å²) in [6.45, 7) is 4.75. The first-order valence-corrected chi connectivity index (χ1v) is 7.03. The monoisotopic (exact) mass is 323 g/mol. The van der Waals surface area contributed by atoms with E-state index in [-0.39, 0.29) is 30.0 Å². The highest BCUT2D eigenvalue weighted by Gasteiger charge is 2.12. The molecule has 0 aliphatic carbocycles. The van der Waals surface area contributed by atoms with Gasteiger partial charge in [0, 0.05) is 12.6 Å². The van der Waals surface area contributed by atoms with Crippen LogP contribution >= 0.6 is 11.6 Å². The van der Waals surface area contributed by atoms with Crippen molar-refractivity contribution in [3.63, 3.8) is 0 Å². The highest BCUT2D eigenvalue weighted by atomic mass is 35.5. The van der Waals surface area contributed by atoms with Gasteiger partial charge < -0.3 is 19.9 Å². The van der Waals surface area contributed by atoms with E-state index >= 15 is 0 Å². The third kappa shape index (κ3) is 7.04. The van der Waals surface area contributed by atoms with E-state index in [4.69, 9.17) is 21.1 Å². The molecule has 1 rings (SSSR count). The van der Waals surface area contributed by atoms with Crippen LogP contribution < -0.4 is 5.32 Å². The zero-order valence-electron chi connectivity index (χ0n) is 12.0. The number of hydrogen-bond acceptors (Lipinski definition) is 4. The Kier molecular flexibility index (Phi) is 7.88. The lowest BCUT2D eigenvalue weighted by Crippen LogP contribution is -2.26. The minimum atomic E-state index is -0.843. The molecule has 4 nitrogen and oxygen atoms in total. The molecule has 0 heterocycles. The quantitative estimate of drug-likeness (QED) is 0.686. The van der Waals surface area contributed by atoms with Gasteiger partial charge in [-0.3, -0.25) is 0 Å². The second-order valence-corrected chi connectivity index (χ2v) is 5.18. The first-order chi connectivity index (χ1) is 9.90. The lowest BCUT2D eigenvalue weighted by molar-refractivity contribution is -0.00735. The van der Waals surface area contributed by atoms with Gasteiger partial charge in [-0.25, -0.2) is 8.78 Å². The van der Waals surface area contributed by atoms with E-state index in [1.54, 1.807) is 0 Å². The third-order valence-electron chi connectivity index (χ3n) is 2.51. The summed E-state index contributed by atoms with van der Waals surface area (Å²) < 4.78 is 36.8. The van der Waals surface area contributed by atoms with E-state index < -0.39 is 17.7 Å². The Labute approximate surface area is 128 Å². The number of aliphatic hydroxyl groups excluding tert-OH is 1. The SMILES string of the molecule is CC(C)OCCOCC(O)CNc1c(F)cc(F)cc1Cl. The second-order valence-electron chi connectivity index (χ2n) is 4.77. The van der Waals surface area contributed by atoms with E-state index in [9.17, 15) is 13.9 Å². The molecule has 0 bridgehead atoms. The van der Waals surface area contributed by atoms with Crippen molar-refractivity contribution in [1.29, 1.82) is 0 Å². The van der Waals surface area contributed by atoms with Gasteiger partial charge in [-0.1, -0.05) is 11.6 Å². The van der Waals surface area contributed by atoms with Gasteiger partial charge >= 0.3 is 0 Å². The molecule has 0 saturated carbocycles. The molecule has 0 saturated heterocycles. The molecule has 0 aliphatic heterocycles. The Morgan fingerprint density at radius 3 is 2.62 bits per heavy atom. The number of anilines is 1. The molecule has 1 atom stereocenters. The fraction of sp³-hybridized carbons (Fsp3) is 0.571. The van der Waals surface area contributed by atoms with E-state index in [0.717, 1.165) is 12.1 Å². The van der Waals surface area contributed by atoms with Gasteiger partial charge in [0.25, 0.3) is 0 Å². The van der Waals surface area contributed by atoms with E-state index in [1.165, 1.54) is 0 Å². The molecule has 0 radical (unpaired) electrons. The van der Waals surface area contributed by atoms with E-state index in [0.29, 0.717) is 13.2 Å². The molecule has 0 amide bonds. The van der Waals surface area contributed by atoms with Gasteiger partial charge in [0.05, 0.1) is 42.7 Å². The van der Waals surface area contributed by atoms with Crippen molar-refractivity contribution >= 4 is 17.3 Å². The van der Waals surface area contributed by atoms with Crippen molar-refractivity contribution in [2.24, 2.45) is 0 Å². The number of ether oxygens (including phenoxy) is 2. The number of nitrogens with one attached hydrogen (secondary N) is 1. The highest BCUT2D eigenvalue weighted by molar-refractivity contribution is 6.33. The topological polar surface area (TPSA) is 50.7 Å². The summed E-state index contributed by atoms with van der Waals surface area (Å²) in [7, 11) is 0.